The van der Waals surface area contributed by atoms with E-state index in [0.29, 0.717) is 26.2 Å². The third-order valence-electron chi connectivity index (χ3n) is 4.75. The minimum absolute atomic E-state index is 0.000536. The van der Waals surface area contributed by atoms with Crippen LogP contribution in [-0.2, 0) is 5.11 Å². The molecule has 0 aliphatic carbocycles. The fourth-order valence-corrected chi connectivity index (χ4v) is 4.00. The largest absolute Gasteiger partial charge is 0.490 e. The van der Waals surface area contributed by atoms with Crippen LogP contribution in [0.2, 0.25) is 15.1 Å². The summed E-state index contributed by atoms with van der Waals surface area (Å²) in [7, 11) is 0. The zero-order valence-corrected chi connectivity index (χ0v) is 16.6. The van der Waals surface area contributed by atoms with Gasteiger partial charge in [-0.05, 0) is 18.2 Å². The summed E-state index contributed by atoms with van der Waals surface area (Å²) in [4.78, 5) is 6.52. The van der Waals surface area contributed by atoms with Crippen LogP contribution in [0.1, 0.15) is 12.8 Å². The first-order valence-electron chi connectivity index (χ1n) is 8.64. The number of hydrogen-bond donors (Lipinski definition) is 0. The topological polar surface area (TPSA) is 45.3 Å². The van der Waals surface area contributed by atoms with Gasteiger partial charge in [-0.1, -0.05) is 40.9 Å². The average molecular weight is 423 g/mol. The van der Waals surface area contributed by atoms with Crippen molar-refractivity contribution in [3.05, 3.63) is 57.7 Å². The van der Waals surface area contributed by atoms with Crippen LogP contribution in [0.25, 0.3) is 10.9 Å². The van der Waals surface area contributed by atoms with E-state index < -0.39 is 0 Å². The number of rotatable bonds is 3. The van der Waals surface area contributed by atoms with Crippen LogP contribution in [0.15, 0.2) is 42.6 Å². The average Bonchev–Trinajstić information content (AvgIpc) is 2.66. The molecule has 139 valence electrons. The minimum Gasteiger partial charge on any atom is -0.490 e. The normalized spacial score (nSPS) is 15.3. The number of piperidine rings is 1. The van der Waals surface area contributed by atoms with Crippen molar-refractivity contribution < 1.29 is 9.84 Å². The number of halogens is 3. The predicted molar refractivity (Wildman–Crippen MR) is 109 cm³/mol. The number of ether oxygens (including phenoxy) is 1. The second-order valence-electron chi connectivity index (χ2n) is 6.49. The summed E-state index contributed by atoms with van der Waals surface area (Å²) in [5.41, 5.74) is 1.66. The van der Waals surface area contributed by atoms with Gasteiger partial charge in [-0.15, -0.1) is 0 Å². The van der Waals surface area contributed by atoms with Crippen molar-refractivity contribution in [3.8, 4) is 11.5 Å². The Labute approximate surface area is 172 Å². The number of pyridine rings is 1. The van der Waals surface area contributed by atoms with Gasteiger partial charge in [-0.25, -0.2) is 0 Å². The van der Waals surface area contributed by atoms with Crippen LogP contribution in [0.4, 0.5) is 5.69 Å². The minimum atomic E-state index is -0.000536. The second kappa shape index (κ2) is 7.63. The number of hydrogen-bond acceptors (Lipinski definition) is 3. The monoisotopic (exact) mass is 421 g/mol. The van der Waals surface area contributed by atoms with Gasteiger partial charge in [0.2, 0.25) is 0 Å². The van der Waals surface area contributed by atoms with Crippen LogP contribution < -0.4 is 9.64 Å². The Balaban J connectivity index is 1.49. The number of anilines is 1. The SMILES string of the molecule is [O]c1cccc2nccc(N3CCC(Oc4cc(Cl)c(Cl)c(Cl)c4)CC3)c12. The molecule has 1 aliphatic rings. The van der Waals surface area contributed by atoms with Gasteiger partial charge in [0.25, 0.3) is 0 Å². The summed E-state index contributed by atoms with van der Waals surface area (Å²) >= 11 is 18.1. The first kappa shape index (κ1) is 18.5. The first-order valence-corrected chi connectivity index (χ1v) is 9.77. The third kappa shape index (κ3) is 3.75. The van der Waals surface area contributed by atoms with Crippen molar-refractivity contribution in [2.75, 3.05) is 18.0 Å². The Morgan fingerprint density at radius 3 is 2.44 bits per heavy atom. The van der Waals surface area contributed by atoms with E-state index in [2.05, 4.69) is 9.88 Å². The van der Waals surface area contributed by atoms with E-state index in [1.165, 1.54) is 0 Å². The molecule has 0 spiro atoms. The van der Waals surface area contributed by atoms with E-state index in [9.17, 15) is 5.11 Å². The van der Waals surface area contributed by atoms with Gasteiger partial charge in [-0.3, -0.25) is 10.1 Å². The van der Waals surface area contributed by atoms with E-state index >= 15 is 0 Å². The fraction of sp³-hybridized carbons (Fsp3) is 0.250. The highest BCUT2D eigenvalue weighted by atomic mass is 35.5. The summed E-state index contributed by atoms with van der Waals surface area (Å²) in [5, 5.41) is 14.1. The number of benzene rings is 2. The maximum atomic E-state index is 12.3. The lowest BCUT2D eigenvalue weighted by molar-refractivity contribution is 0.171. The van der Waals surface area contributed by atoms with Crippen molar-refractivity contribution >= 4 is 51.4 Å². The summed E-state index contributed by atoms with van der Waals surface area (Å²) in [6.07, 6.45) is 3.44. The maximum absolute atomic E-state index is 12.3. The fourth-order valence-electron chi connectivity index (χ4n) is 3.43. The van der Waals surface area contributed by atoms with E-state index in [0.717, 1.165) is 37.1 Å². The molecule has 2 aromatic carbocycles. The van der Waals surface area contributed by atoms with Gasteiger partial charge in [0.15, 0.2) is 5.75 Å². The first-order chi connectivity index (χ1) is 13.0. The smallest absolute Gasteiger partial charge is 0.190 e. The van der Waals surface area contributed by atoms with Crippen molar-refractivity contribution in [2.45, 2.75) is 18.9 Å². The third-order valence-corrected chi connectivity index (χ3v) is 5.95. The van der Waals surface area contributed by atoms with Crippen molar-refractivity contribution in [1.29, 1.82) is 0 Å². The molecule has 7 heteroatoms. The quantitative estimate of drug-likeness (QED) is 0.460. The highest BCUT2D eigenvalue weighted by Gasteiger charge is 2.23. The van der Waals surface area contributed by atoms with Gasteiger partial charge in [0.05, 0.1) is 31.7 Å². The summed E-state index contributed by atoms with van der Waals surface area (Å²) in [6, 6.07) is 10.5. The van der Waals surface area contributed by atoms with Gasteiger partial charge >= 0.3 is 0 Å². The molecule has 1 radical (unpaired) electrons. The van der Waals surface area contributed by atoms with Gasteiger partial charge < -0.3 is 9.64 Å². The van der Waals surface area contributed by atoms with E-state index in [1.54, 1.807) is 30.5 Å². The van der Waals surface area contributed by atoms with Crippen LogP contribution in [0.5, 0.6) is 11.5 Å². The molecule has 0 N–H and O–H groups in total. The van der Waals surface area contributed by atoms with Crippen LogP contribution >= 0.6 is 34.8 Å². The van der Waals surface area contributed by atoms with Crippen LogP contribution in [0, 0.1) is 0 Å². The second-order valence-corrected chi connectivity index (χ2v) is 7.68. The zero-order valence-electron chi connectivity index (χ0n) is 14.3. The molecule has 4 rings (SSSR count). The molecule has 0 amide bonds. The Morgan fingerprint density at radius 1 is 1.04 bits per heavy atom. The highest BCUT2D eigenvalue weighted by Crippen LogP contribution is 2.37. The molecule has 2 heterocycles. The Kier molecular flexibility index (Phi) is 5.22. The lowest BCUT2D eigenvalue weighted by atomic mass is 10.0. The van der Waals surface area contributed by atoms with Crippen molar-refractivity contribution in [1.82, 2.24) is 4.98 Å². The molecule has 3 aromatic rings. The molecule has 1 fully saturated rings. The Hall–Kier alpha value is -1.88. The molecule has 0 bridgehead atoms. The summed E-state index contributed by atoms with van der Waals surface area (Å²) in [6.45, 7) is 1.57. The summed E-state index contributed by atoms with van der Waals surface area (Å²) < 4.78 is 6.04. The van der Waals surface area contributed by atoms with E-state index in [4.69, 9.17) is 39.5 Å². The molecular formula is C20H16Cl3N2O2. The Bertz CT molecular complexity index is 960. The molecule has 0 saturated carbocycles. The zero-order chi connectivity index (χ0) is 19.0. The molecule has 1 saturated heterocycles. The maximum Gasteiger partial charge on any atom is 0.190 e. The van der Waals surface area contributed by atoms with E-state index in [1.807, 2.05) is 12.1 Å². The standard InChI is InChI=1S/C20H16Cl3N2O2/c21-14-10-13(11-15(22)20(14)23)27-12-5-8-25(9-6-12)17-4-7-24-16-2-1-3-18(26)19(16)17/h1-4,7,10-12H,5-6,8-9H2. The molecule has 27 heavy (non-hydrogen) atoms. The summed E-state index contributed by atoms with van der Waals surface area (Å²) in [5.74, 6) is 0.614. The lowest BCUT2D eigenvalue weighted by Crippen LogP contribution is -2.38. The Morgan fingerprint density at radius 2 is 1.74 bits per heavy atom. The van der Waals surface area contributed by atoms with Gasteiger partial charge in [0.1, 0.15) is 11.9 Å². The molecule has 0 unspecified atom stereocenters. The molecule has 4 nitrogen and oxygen atoms in total. The molecule has 1 aliphatic heterocycles. The van der Waals surface area contributed by atoms with Crippen molar-refractivity contribution in [2.24, 2.45) is 0 Å². The van der Waals surface area contributed by atoms with Gasteiger partial charge in [0, 0.05) is 44.3 Å². The van der Waals surface area contributed by atoms with Gasteiger partial charge in [-0.2, -0.15) is 0 Å². The molecule has 1 aromatic heterocycles. The van der Waals surface area contributed by atoms with E-state index in [-0.39, 0.29) is 11.9 Å². The number of aromatic nitrogens is 1. The van der Waals surface area contributed by atoms with Crippen LogP contribution in [0.3, 0.4) is 0 Å². The number of nitrogens with zero attached hydrogens (tertiary/aromatic N) is 2. The molecule has 0 atom stereocenters. The van der Waals surface area contributed by atoms with Crippen molar-refractivity contribution in [3.63, 3.8) is 0 Å². The van der Waals surface area contributed by atoms with Crippen LogP contribution in [-0.4, -0.2) is 24.2 Å². The lowest BCUT2D eigenvalue weighted by Gasteiger charge is -2.34. The predicted octanol–water partition coefficient (Wildman–Crippen LogP) is 6.39. The number of fused-ring (bicyclic) bond motifs is 1. The highest BCUT2D eigenvalue weighted by molar-refractivity contribution is 6.48. The molecular weight excluding hydrogens is 407 g/mol.